The van der Waals surface area contributed by atoms with Gasteiger partial charge in [0.15, 0.2) is 17.5 Å². The Bertz CT molecular complexity index is 362. The largest absolute Gasteiger partial charge is 0.507 e. The first-order valence-corrected chi connectivity index (χ1v) is 3.81. The molecule has 1 atom stereocenters. The lowest BCUT2D eigenvalue weighted by Crippen LogP contribution is -2.22. The van der Waals surface area contributed by atoms with Gasteiger partial charge in [0.25, 0.3) is 0 Å². The first kappa shape index (κ1) is 14.0. The van der Waals surface area contributed by atoms with Gasteiger partial charge in [-0.2, -0.15) is 0 Å². The zero-order valence-corrected chi connectivity index (χ0v) is 8.32. The van der Waals surface area contributed by atoms with Crippen LogP contribution in [0.25, 0.3) is 0 Å². The Kier molecular flexibility index (Phi) is 4.86. The Labute approximate surface area is 90.3 Å². The van der Waals surface area contributed by atoms with Crippen LogP contribution < -0.4 is 11.5 Å². The minimum absolute atomic E-state index is 0. The van der Waals surface area contributed by atoms with Crippen molar-refractivity contribution in [2.45, 2.75) is 6.04 Å². The molecule has 0 saturated heterocycles. The first-order valence-electron chi connectivity index (χ1n) is 3.81. The van der Waals surface area contributed by atoms with Crippen LogP contribution in [0.5, 0.6) is 5.75 Å². The van der Waals surface area contributed by atoms with Crippen molar-refractivity contribution in [2.75, 3.05) is 6.54 Å². The summed E-state index contributed by atoms with van der Waals surface area (Å²) >= 11 is 0. The van der Waals surface area contributed by atoms with Crippen LogP contribution in [-0.4, -0.2) is 11.7 Å². The van der Waals surface area contributed by atoms with E-state index >= 15 is 0 Å². The van der Waals surface area contributed by atoms with Gasteiger partial charge in [-0.15, -0.1) is 12.4 Å². The van der Waals surface area contributed by atoms with E-state index in [1.54, 1.807) is 0 Å². The Morgan fingerprint density at radius 2 is 1.80 bits per heavy atom. The number of benzene rings is 1. The zero-order chi connectivity index (χ0) is 10.9. The molecule has 0 unspecified atom stereocenters. The fourth-order valence-electron chi connectivity index (χ4n) is 1.07. The maximum Gasteiger partial charge on any atom is 0.195 e. The van der Waals surface area contributed by atoms with E-state index < -0.39 is 34.8 Å². The number of phenolic OH excluding ortho intramolecular Hbond substituents is 1. The molecule has 0 saturated carbocycles. The molecule has 0 aliphatic rings. The van der Waals surface area contributed by atoms with Gasteiger partial charge in [0.05, 0.1) is 5.56 Å². The number of nitrogens with two attached hydrogens (primary N) is 2. The highest BCUT2D eigenvalue weighted by Crippen LogP contribution is 2.28. The van der Waals surface area contributed by atoms with Gasteiger partial charge in [-0.05, 0) is 0 Å². The number of rotatable bonds is 2. The summed E-state index contributed by atoms with van der Waals surface area (Å²) in [6.07, 6.45) is 0. The Balaban J connectivity index is 0.00000196. The molecule has 0 bridgehead atoms. The molecule has 1 aromatic rings. The van der Waals surface area contributed by atoms with Gasteiger partial charge in [0.1, 0.15) is 5.75 Å². The molecule has 0 amide bonds. The monoisotopic (exact) mass is 242 g/mol. The fourth-order valence-corrected chi connectivity index (χ4v) is 1.07. The standard InChI is InChI=1S/C8H9F3N2O.ClH/c9-3-1-5(14)6(4(13)2-12)8(11)7(3)10;/h1,4,14H,2,12-13H2;1H/t4-;/m0./s1. The lowest BCUT2D eigenvalue weighted by Gasteiger charge is -2.12. The van der Waals surface area contributed by atoms with Crippen molar-refractivity contribution < 1.29 is 18.3 Å². The molecular formula is C8H10ClF3N2O. The van der Waals surface area contributed by atoms with Crippen molar-refractivity contribution in [1.82, 2.24) is 0 Å². The van der Waals surface area contributed by atoms with Gasteiger partial charge in [-0.25, -0.2) is 13.2 Å². The molecule has 0 aromatic heterocycles. The third-order valence-electron chi connectivity index (χ3n) is 1.80. The number of halogens is 4. The van der Waals surface area contributed by atoms with Crippen molar-refractivity contribution in [3.05, 3.63) is 29.1 Å². The van der Waals surface area contributed by atoms with Crippen molar-refractivity contribution >= 4 is 12.4 Å². The number of phenols is 1. The minimum atomic E-state index is -1.67. The summed E-state index contributed by atoms with van der Waals surface area (Å²) in [5, 5.41) is 9.12. The SMILES string of the molecule is Cl.NC[C@H](N)c1c(O)cc(F)c(F)c1F. The maximum atomic E-state index is 13.1. The Morgan fingerprint density at radius 3 is 2.27 bits per heavy atom. The second kappa shape index (κ2) is 5.20. The summed E-state index contributed by atoms with van der Waals surface area (Å²) in [5.74, 6) is -5.37. The molecular weight excluding hydrogens is 233 g/mol. The van der Waals surface area contributed by atoms with E-state index in [1.807, 2.05) is 0 Å². The Hall–Kier alpha value is -0.980. The van der Waals surface area contributed by atoms with Gasteiger partial charge in [-0.3, -0.25) is 0 Å². The first-order chi connectivity index (χ1) is 6.49. The maximum absolute atomic E-state index is 13.1. The summed E-state index contributed by atoms with van der Waals surface area (Å²) in [5.41, 5.74) is 9.90. The van der Waals surface area contributed by atoms with E-state index in [0.717, 1.165) is 0 Å². The van der Waals surface area contributed by atoms with Crippen molar-refractivity contribution in [2.24, 2.45) is 11.5 Å². The highest BCUT2D eigenvalue weighted by Gasteiger charge is 2.22. The predicted molar refractivity (Wildman–Crippen MR) is 51.2 cm³/mol. The molecule has 0 heterocycles. The quantitative estimate of drug-likeness (QED) is 0.682. The molecule has 3 nitrogen and oxygen atoms in total. The van der Waals surface area contributed by atoms with Crippen LogP contribution in [0.1, 0.15) is 11.6 Å². The number of hydrogen-bond acceptors (Lipinski definition) is 3. The smallest absolute Gasteiger partial charge is 0.195 e. The molecule has 86 valence electrons. The average Bonchev–Trinajstić information content (AvgIpc) is 2.14. The van der Waals surface area contributed by atoms with Crippen molar-refractivity contribution in [1.29, 1.82) is 0 Å². The van der Waals surface area contributed by atoms with Crippen LogP contribution in [0.15, 0.2) is 6.07 Å². The van der Waals surface area contributed by atoms with E-state index in [-0.39, 0.29) is 19.0 Å². The fraction of sp³-hybridized carbons (Fsp3) is 0.250. The van der Waals surface area contributed by atoms with E-state index in [9.17, 15) is 13.2 Å². The molecule has 1 aromatic carbocycles. The second-order valence-electron chi connectivity index (χ2n) is 2.76. The average molecular weight is 243 g/mol. The van der Waals surface area contributed by atoms with Crippen molar-refractivity contribution in [3.63, 3.8) is 0 Å². The van der Waals surface area contributed by atoms with Crippen LogP contribution in [-0.2, 0) is 0 Å². The third kappa shape index (κ3) is 2.53. The highest BCUT2D eigenvalue weighted by atomic mass is 35.5. The highest BCUT2D eigenvalue weighted by molar-refractivity contribution is 5.85. The summed E-state index contributed by atoms with van der Waals surface area (Å²) in [4.78, 5) is 0. The van der Waals surface area contributed by atoms with Crippen LogP contribution in [0.3, 0.4) is 0 Å². The third-order valence-corrected chi connectivity index (χ3v) is 1.80. The lowest BCUT2D eigenvalue weighted by molar-refractivity contribution is 0.401. The molecule has 0 fully saturated rings. The van der Waals surface area contributed by atoms with Crippen LogP contribution in [0.2, 0.25) is 0 Å². The topological polar surface area (TPSA) is 72.3 Å². The molecule has 0 radical (unpaired) electrons. The molecule has 0 aliphatic heterocycles. The van der Waals surface area contributed by atoms with Crippen LogP contribution in [0.4, 0.5) is 13.2 Å². The van der Waals surface area contributed by atoms with Crippen molar-refractivity contribution in [3.8, 4) is 5.75 Å². The summed E-state index contributed by atoms with van der Waals surface area (Å²) in [7, 11) is 0. The predicted octanol–water partition coefficient (Wildman–Crippen LogP) is 1.19. The molecule has 0 aliphatic carbocycles. The normalized spacial score (nSPS) is 12.1. The Morgan fingerprint density at radius 1 is 1.27 bits per heavy atom. The summed E-state index contributed by atoms with van der Waals surface area (Å²) in [6, 6.07) is -0.603. The van der Waals surface area contributed by atoms with Gasteiger partial charge in [-0.1, -0.05) is 0 Å². The van der Waals surface area contributed by atoms with Crippen LogP contribution >= 0.6 is 12.4 Å². The van der Waals surface area contributed by atoms with E-state index in [4.69, 9.17) is 16.6 Å². The number of aromatic hydroxyl groups is 1. The summed E-state index contributed by atoms with van der Waals surface area (Å²) < 4.78 is 38.3. The van der Waals surface area contributed by atoms with Crippen LogP contribution in [0, 0.1) is 17.5 Å². The van der Waals surface area contributed by atoms with Gasteiger partial charge < -0.3 is 16.6 Å². The minimum Gasteiger partial charge on any atom is -0.507 e. The van der Waals surface area contributed by atoms with Gasteiger partial charge >= 0.3 is 0 Å². The van der Waals surface area contributed by atoms with Gasteiger partial charge in [0, 0.05) is 18.7 Å². The molecule has 7 heteroatoms. The molecule has 5 N–H and O–H groups in total. The summed E-state index contributed by atoms with van der Waals surface area (Å²) in [6.45, 7) is -0.185. The molecule has 15 heavy (non-hydrogen) atoms. The zero-order valence-electron chi connectivity index (χ0n) is 7.51. The molecule has 0 spiro atoms. The van der Waals surface area contributed by atoms with E-state index in [1.165, 1.54) is 0 Å². The lowest BCUT2D eigenvalue weighted by atomic mass is 10.1. The molecule has 1 rings (SSSR count). The second-order valence-corrected chi connectivity index (χ2v) is 2.76. The van der Waals surface area contributed by atoms with Gasteiger partial charge in [0.2, 0.25) is 0 Å². The van der Waals surface area contributed by atoms with E-state index in [2.05, 4.69) is 0 Å². The van der Waals surface area contributed by atoms with E-state index in [0.29, 0.717) is 6.07 Å². The number of hydrogen-bond donors (Lipinski definition) is 3.